The minimum absolute atomic E-state index is 0.00893. The van der Waals surface area contributed by atoms with Crippen LogP contribution < -0.4 is 0 Å². The molecule has 0 bridgehead atoms. The Bertz CT molecular complexity index is 470. The third-order valence-corrected chi connectivity index (χ3v) is 2.94. The Balaban J connectivity index is 1.89. The van der Waals surface area contributed by atoms with Crippen LogP contribution in [0.3, 0.4) is 0 Å². The number of carbonyl (C=O) groups is 2. The van der Waals surface area contributed by atoms with Gasteiger partial charge in [0, 0.05) is 13.0 Å². The first-order valence-electron chi connectivity index (χ1n) is 6.00. The Hall–Kier alpha value is -2.24. The van der Waals surface area contributed by atoms with Crippen LogP contribution in [0.4, 0.5) is 4.79 Å². The Kier molecular flexibility index (Phi) is 3.89. The third kappa shape index (κ3) is 3.61. The van der Waals surface area contributed by atoms with E-state index in [1.54, 1.807) is 24.3 Å². The number of hydrogen-bond acceptors (Lipinski definition) is 4. The monoisotopic (exact) mass is 265 g/mol. The number of aromatic hydroxyl groups is 1. The molecule has 0 radical (unpaired) electrons. The molecule has 2 rings (SSSR count). The highest BCUT2D eigenvalue weighted by Crippen LogP contribution is 2.19. The highest BCUT2D eigenvalue weighted by Gasteiger charge is 2.31. The molecule has 0 spiro atoms. The number of cyclic esters (lactones) is 1. The van der Waals surface area contributed by atoms with Crippen molar-refractivity contribution in [2.45, 2.75) is 25.5 Å². The summed E-state index contributed by atoms with van der Waals surface area (Å²) in [4.78, 5) is 23.6. The Morgan fingerprint density at radius 1 is 1.37 bits per heavy atom. The van der Waals surface area contributed by atoms with E-state index >= 15 is 0 Å². The lowest BCUT2D eigenvalue weighted by molar-refractivity contribution is -0.137. The average molecular weight is 265 g/mol. The van der Waals surface area contributed by atoms with Gasteiger partial charge in [-0.2, -0.15) is 0 Å². The van der Waals surface area contributed by atoms with E-state index in [1.165, 1.54) is 4.90 Å². The molecular formula is C13H15NO5. The van der Waals surface area contributed by atoms with E-state index in [-0.39, 0.29) is 18.3 Å². The number of phenolic OH excluding ortho intramolecular Hbond substituents is 1. The van der Waals surface area contributed by atoms with Gasteiger partial charge in [-0.25, -0.2) is 4.79 Å². The molecule has 1 fully saturated rings. The van der Waals surface area contributed by atoms with E-state index in [2.05, 4.69) is 0 Å². The second kappa shape index (κ2) is 5.60. The summed E-state index contributed by atoms with van der Waals surface area (Å²) in [5.41, 5.74) is 0.883. The zero-order chi connectivity index (χ0) is 13.8. The summed E-state index contributed by atoms with van der Waals surface area (Å²) in [6.45, 7) is 0.787. The van der Waals surface area contributed by atoms with Crippen LogP contribution >= 0.6 is 0 Å². The molecule has 1 unspecified atom stereocenters. The minimum Gasteiger partial charge on any atom is -0.508 e. The van der Waals surface area contributed by atoms with Gasteiger partial charge in [0.25, 0.3) is 0 Å². The molecule has 1 aliphatic rings. The largest absolute Gasteiger partial charge is 0.508 e. The number of aliphatic carboxylic acids is 1. The summed E-state index contributed by atoms with van der Waals surface area (Å²) in [7, 11) is 0. The van der Waals surface area contributed by atoms with Crippen LogP contribution in [0.5, 0.6) is 5.75 Å². The molecule has 19 heavy (non-hydrogen) atoms. The molecule has 6 heteroatoms. The van der Waals surface area contributed by atoms with Gasteiger partial charge in [-0.1, -0.05) is 12.1 Å². The van der Waals surface area contributed by atoms with Gasteiger partial charge in [-0.05, 0) is 24.1 Å². The van der Waals surface area contributed by atoms with Gasteiger partial charge in [0.2, 0.25) is 0 Å². The standard InChI is InChI=1S/C13H15NO5/c15-10-3-1-9(2-4-10)7-14-8-11(19-13(14)18)5-6-12(16)17/h1-4,11,15H,5-8H2,(H,16,17). The highest BCUT2D eigenvalue weighted by atomic mass is 16.6. The molecule has 1 amide bonds. The maximum atomic E-state index is 11.6. The second-order valence-electron chi connectivity index (χ2n) is 4.49. The molecule has 1 aliphatic heterocycles. The lowest BCUT2D eigenvalue weighted by atomic mass is 10.2. The van der Waals surface area contributed by atoms with Crippen molar-refractivity contribution < 1.29 is 24.5 Å². The molecule has 2 N–H and O–H groups in total. The van der Waals surface area contributed by atoms with E-state index in [0.717, 1.165) is 5.56 Å². The molecule has 1 saturated heterocycles. The van der Waals surface area contributed by atoms with Crippen LogP contribution in [0, 0.1) is 0 Å². The molecule has 102 valence electrons. The zero-order valence-electron chi connectivity index (χ0n) is 10.3. The molecule has 1 atom stereocenters. The molecule has 1 heterocycles. The van der Waals surface area contributed by atoms with E-state index in [0.29, 0.717) is 19.5 Å². The first kappa shape index (κ1) is 13.2. The normalized spacial score (nSPS) is 18.4. The molecule has 1 aromatic carbocycles. The summed E-state index contributed by atoms with van der Waals surface area (Å²) >= 11 is 0. The first-order chi connectivity index (χ1) is 9.04. The molecule has 1 aromatic rings. The molecule has 0 aromatic heterocycles. The van der Waals surface area contributed by atoms with Crippen LogP contribution in [0.15, 0.2) is 24.3 Å². The molecule has 0 aliphatic carbocycles. The first-order valence-corrected chi connectivity index (χ1v) is 6.00. The number of ether oxygens (including phenoxy) is 1. The number of amides is 1. The van der Waals surface area contributed by atoms with Crippen molar-refractivity contribution in [2.75, 3.05) is 6.54 Å². The van der Waals surface area contributed by atoms with Crippen molar-refractivity contribution in [3.63, 3.8) is 0 Å². The van der Waals surface area contributed by atoms with Crippen LogP contribution in [0.1, 0.15) is 18.4 Å². The summed E-state index contributed by atoms with van der Waals surface area (Å²) < 4.78 is 5.09. The maximum absolute atomic E-state index is 11.6. The number of carboxylic acids is 1. The van der Waals surface area contributed by atoms with E-state index < -0.39 is 12.1 Å². The quantitative estimate of drug-likeness (QED) is 0.844. The number of hydrogen-bond donors (Lipinski definition) is 2. The van der Waals surface area contributed by atoms with Gasteiger partial charge in [0.05, 0.1) is 6.54 Å². The van der Waals surface area contributed by atoms with Gasteiger partial charge >= 0.3 is 12.1 Å². The van der Waals surface area contributed by atoms with Crippen molar-refractivity contribution in [2.24, 2.45) is 0 Å². The predicted octanol–water partition coefficient (Wildman–Crippen LogP) is 1.58. The van der Waals surface area contributed by atoms with Crippen molar-refractivity contribution in [3.8, 4) is 5.75 Å². The summed E-state index contributed by atoms with van der Waals surface area (Å²) in [6.07, 6.45) is -0.470. The fourth-order valence-electron chi connectivity index (χ4n) is 1.96. The number of benzene rings is 1. The Morgan fingerprint density at radius 2 is 2.05 bits per heavy atom. The van der Waals surface area contributed by atoms with Crippen LogP contribution in [-0.4, -0.2) is 39.8 Å². The summed E-state index contributed by atoms with van der Waals surface area (Å²) in [5.74, 6) is -0.722. The average Bonchev–Trinajstić information content (AvgIpc) is 2.71. The fourth-order valence-corrected chi connectivity index (χ4v) is 1.96. The molecule has 6 nitrogen and oxygen atoms in total. The third-order valence-electron chi connectivity index (χ3n) is 2.94. The van der Waals surface area contributed by atoms with Gasteiger partial charge in [-0.15, -0.1) is 0 Å². The van der Waals surface area contributed by atoms with Gasteiger partial charge in [0.15, 0.2) is 0 Å². The van der Waals surface area contributed by atoms with Crippen LogP contribution in [-0.2, 0) is 16.1 Å². The maximum Gasteiger partial charge on any atom is 0.410 e. The molecular weight excluding hydrogens is 250 g/mol. The Labute approximate surface area is 110 Å². The number of phenols is 1. The Morgan fingerprint density at radius 3 is 2.68 bits per heavy atom. The summed E-state index contributed by atoms with van der Waals surface area (Å²) in [5, 5.41) is 17.8. The van der Waals surface area contributed by atoms with Crippen LogP contribution in [0.2, 0.25) is 0 Å². The van der Waals surface area contributed by atoms with Gasteiger partial charge in [-0.3, -0.25) is 4.79 Å². The lowest BCUT2D eigenvalue weighted by Gasteiger charge is -2.12. The summed E-state index contributed by atoms with van der Waals surface area (Å²) in [6, 6.07) is 6.57. The number of rotatable bonds is 5. The van der Waals surface area contributed by atoms with Gasteiger partial charge in [0.1, 0.15) is 11.9 Å². The van der Waals surface area contributed by atoms with Gasteiger partial charge < -0.3 is 19.8 Å². The van der Waals surface area contributed by atoms with E-state index in [1.807, 2.05) is 0 Å². The van der Waals surface area contributed by atoms with Crippen molar-refractivity contribution >= 4 is 12.1 Å². The molecule has 0 saturated carbocycles. The number of carboxylic acid groups (broad SMARTS) is 1. The minimum atomic E-state index is -0.895. The number of nitrogens with zero attached hydrogens (tertiary/aromatic N) is 1. The van der Waals surface area contributed by atoms with Crippen molar-refractivity contribution in [1.29, 1.82) is 0 Å². The van der Waals surface area contributed by atoms with Crippen molar-refractivity contribution in [3.05, 3.63) is 29.8 Å². The predicted molar refractivity (Wildman–Crippen MR) is 65.7 cm³/mol. The number of carbonyl (C=O) groups excluding carboxylic acids is 1. The fraction of sp³-hybridized carbons (Fsp3) is 0.385. The van der Waals surface area contributed by atoms with E-state index in [4.69, 9.17) is 9.84 Å². The smallest absolute Gasteiger partial charge is 0.410 e. The SMILES string of the molecule is O=C(O)CCC1CN(Cc2ccc(O)cc2)C(=O)O1. The lowest BCUT2D eigenvalue weighted by Crippen LogP contribution is -2.24. The van der Waals surface area contributed by atoms with Crippen molar-refractivity contribution in [1.82, 2.24) is 4.90 Å². The zero-order valence-corrected chi connectivity index (χ0v) is 10.3. The van der Waals surface area contributed by atoms with Crippen LogP contribution in [0.25, 0.3) is 0 Å². The topological polar surface area (TPSA) is 87.1 Å². The highest BCUT2D eigenvalue weighted by molar-refractivity contribution is 5.70. The second-order valence-corrected chi connectivity index (χ2v) is 4.49. The van der Waals surface area contributed by atoms with E-state index in [9.17, 15) is 14.7 Å².